The molecule has 2 aromatic heterocycles. The Morgan fingerprint density at radius 2 is 2.19 bits per heavy atom. The van der Waals surface area contributed by atoms with Gasteiger partial charge in [0.15, 0.2) is 11.5 Å². The van der Waals surface area contributed by atoms with E-state index < -0.39 is 0 Å². The van der Waals surface area contributed by atoms with E-state index in [-0.39, 0.29) is 16.6 Å². The average Bonchev–Trinajstić information content (AvgIpc) is 3.07. The molecule has 0 radical (unpaired) electrons. The summed E-state index contributed by atoms with van der Waals surface area (Å²) in [5.74, 6) is 0.795. The Hall–Kier alpha value is -1.89. The number of carbonyl (C=O) groups excluding carboxylic acids is 1. The zero-order chi connectivity index (χ0) is 18.5. The highest BCUT2D eigenvalue weighted by Gasteiger charge is 2.50. The van der Waals surface area contributed by atoms with Crippen molar-refractivity contribution in [3.63, 3.8) is 0 Å². The van der Waals surface area contributed by atoms with Crippen LogP contribution in [0.15, 0.2) is 6.33 Å². The predicted octanol–water partition coefficient (Wildman–Crippen LogP) is 3.24. The van der Waals surface area contributed by atoms with Crippen LogP contribution in [0.2, 0.25) is 5.28 Å². The van der Waals surface area contributed by atoms with Crippen molar-refractivity contribution in [3.05, 3.63) is 11.6 Å². The summed E-state index contributed by atoms with van der Waals surface area (Å²) in [6, 6.07) is 0.379. The van der Waals surface area contributed by atoms with Gasteiger partial charge in [0.1, 0.15) is 5.52 Å². The number of likely N-dealkylation sites (tertiary alicyclic amines) is 1. The lowest BCUT2D eigenvalue weighted by molar-refractivity contribution is -0.132. The first-order chi connectivity index (χ1) is 12.2. The Morgan fingerprint density at radius 1 is 1.38 bits per heavy atom. The van der Waals surface area contributed by atoms with Gasteiger partial charge in [-0.15, -0.1) is 0 Å². The summed E-state index contributed by atoms with van der Waals surface area (Å²) in [5, 5.41) is 3.34. The van der Waals surface area contributed by atoms with E-state index in [2.05, 4.69) is 50.9 Å². The number of H-pyrrole nitrogens is 1. The quantitative estimate of drug-likeness (QED) is 0.800. The fraction of sp³-hybridized carbons (Fsp3) is 0.667. The van der Waals surface area contributed by atoms with Crippen LogP contribution in [0.1, 0.15) is 46.5 Å². The summed E-state index contributed by atoms with van der Waals surface area (Å²) < 4.78 is 0. The van der Waals surface area contributed by atoms with Gasteiger partial charge in [0, 0.05) is 25.6 Å². The number of fused-ring (bicyclic) bond motifs is 3. The number of hydrogen-bond acceptors (Lipinski definition) is 5. The van der Waals surface area contributed by atoms with Crippen molar-refractivity contribution in [3.8, 4) is 0 Å². The number of amides is 1. The second kappa shape index (κ2) is 6.08. The normalized spacial score (nSPS) is 27.1. The van der Waals surface area contributed by atoms with E-state index in [1.165, 1.54) is 6.42 Å². The smallest absolute Gasteiger partial charge is 0.226 e. The van der Waals surface area contributed by atoms with Gasteiger partial charge in [-0.25, -0.2) is 4.98 Å². The molecule has 2 aliphatic rings. The lowest BCUT2D eigenvalue weighted by atomic mass is 9.65. The Bertz CT molecular complexity index is 849. The standard InChI is InChI=1S/C18H25ClN6O/c1-17(2)6-11-7-18(3,8-17)9-25(11)12(26)4-5-20-14-13-15(22-10-21-13)24-16(19)23-14/h10-11H,4-9H2,1-3H3,(H2,20,21,22,23,24)/t11-,18+/m0/s1. The van der Waals surface area contributed by atoms with Crippen molar-refractivity contribution in [2.75, 3.05) is 18.4 Å². The molecule has 2 fully saturated rings. The Morgan fingerprint density at radius 3 is 3.00 bits per heavy atom. The van der Waals surface area contributed by atoms with Gasteiger partial charge in [-0.3, -0.25) is 4.79 Å². The molecule has 0 unspecified atom stereocenters. The first-order valence-corrected chi connectivity index (χ1v) is 9.53. The number of aromatic nitrogens is 4. The summed E-state index contributed by atoms with van der Waals surface area (Å²) in [6.07, 6.45) is 5.41. The van der Waals surface area contributed by atoms with Gasteiger partial charge in [-0.05, 0) is 41.7 Å². The van der Waals surface area contributed by atoms with Gasteiger partial charge in [0.25, 0.3) is 0 Å². The fourth-order valence-electron chi connectivity index (χ4n) is 5.12. The summed E-state index contributed by atoms with van der Waals surface area (Å²) >= 11 is 5.94. The molecular formula is C18H25ClN6O. The molecule has 2 aromatic rings. The predicted molar refractivity (Wildman–Crippen MR) is 101 cm³/mol. The maximum atomic E-state index is 12.8. The molecule has 2 N–H and O–H groups in total. The number of nitrogens with zero attached hydrogens (tertiary/aromatic N) is 4. The van der Waals surface area contributed by atoms with Crippen LogP contribution in [0.5, 0.6) is 0 Å². The first kappa shape index (κ1) is 17.5. The summed E-state index contributed by atoms with van der Waals surface area (Å²) in [4.78, 5) is 30.3. The van der Waals surface area contributed by atoms with Gasteiger partial charge < -0.3 is 15.2 Å². The highest BCUT2D eigenvalue weighted by molar-refractivity contribution is 6.28. The van der Waals surface area contributed by atoms with Gasteiger partial charge in [-0.1, -0.05) is 20.8 Å². The lowest BCUT2D eigenvalue weighted by Gasteiger charge is -2.39. The molecule has 2 atom stereocenters. The van der Waals surface area contributed by atoms with Crippen LogP contribution in [0.3, 0.4) is 0 Å². The van der Waals surface area contributed by atoms with Crippen molar-refractivity contribution in [1.82, 2.24) is 24.8 Å². The van der Waals surface area contributed by atoms with Crippen LogP contribution in [0.4, 0.5) is 5.82 Å². The van der Waals surface area contributed by atoms with Crippen LogP contribution in [0.25, 0.3) is 11.2 Å². The van der Waals surface area contributed by atoms with Gasteiger partial charge in [-0.2, -0.15) is 9.97 Å². The second-order valence-corrected chi connectivity index (χ2v) is 9.19. The van der Waals surface area contributed by atoms with Crippen molar-refractivity contribution in [1.29, 1.82) is 0 Å². The van der Waals surface area contributed by atoms with Crippen molar-refractivity contribution >= 4 is 34.5 Å². The van der Waals surface area contributed by atoms with E-state index >= 15 is 0 Å². The fourth-order valence-corrected chi connectivity index (χ4v) is 5.28. The van der Waals surface area contributed by atoms with Crippen LogP contribution >= 0.6 is 11.6 Å². The SMILES string of the molecule is CC1(C)C[C@H]2C[C@@](C)(CN2C(=O)CCNc2nc(Cl)nc3nc[nH]c23)C1. The molecule has 1 saturated heterocycles. The molecule has 3 heterocycles. The molecule has 1 aliphatic heterocycles. The van der Waals surface area contributed by atoms with E-state index in [9.17, 15) is 4.79 Å². The number of carbonyl (C=O) groups is 1. The third-order valence-electron chi connectivity index (χ3n) is 5.62. The second-order valence-electron chi connectivity index (χ2n) is 8.85. The maximum absolute atomic E-state index is 12.8. The summed E-state index contributed by atoms with van der Waals surface area (Å²) in [6.45, 7) is 8.35. The number of imidazole rings is 1. The number of anilines is 1. The summed E-state index contributed by atoms with van der Waals surface area (Å²) in [5.41, 5.74) is 1.79. The van der Waals surface area contributed by atoms with Crippen molar-refractivity contribution in [2.24, 2.45) is 10.8 Å². The molecule has 7 nitrogen and oxygen atoms in total. The minimum atomic E-state index is 0.141. The van der Waals surface area contributed by atoms with E-state index in [4.69, 9.17) is 11.6 Å². The number of rotatable bonds is 4. The van der Waals surface area contributed by atoms with Gasteiger partial charge >= 0.3 is 0 Å². The van der Waals surface area contributed by atoms with E-state index in [1.54, 1.807) is 6.33 Å². The minimum Gasteiger partial charge on any atom is -0.368 e. The molecule has 0 aromatic carbocycles. The van der Waals surface area contributed by atoms with Crippen LogP contribution in [-0.2, 0) is 4.79 Å². The average molecular weight is 377 g/mol. The first-order valence-electron chi connectivity index (χ1n) is 9.15. The van der Waals surface area contributed by atoms with Crippen molar-refractivity contribution < 1.29 is 4.79 Å². The third kappa shape index (κ3) is 3.24. The molecule has 4 rings (SSSR count). The maximum Gasteiger partial charge on any atom is 0.226 e. The molecule has 8 heteroatoms. The largest absolute Gasteiger partial charge is 0.368 e. The molecular weight excluding hydrogens is 352 g/mol. The minimum absolute atomic E-state index is 0.141. The van der Waals surface area contributed by atoms with Gasteiger partial charge in [0.2, 0.25) is 11.2 Å². The Balaban J connectivity index is 1.39. The highest BCUT2D eigenvalue weighted by atomic mass is 35.5. The molecule has 1 saturated carbocycles. The zero-order valence-electron chi connectivity index (χ0n) is 15.5. The van der Waals surface area contributed by atoms with E-state index in [1.807, 2.05) is 0 Å². The van der Waals surface area contributed by atoms with Crippen molar-refractivity contribution in [2.45, 2.75) is 52.5 Å². The highest BCUT2D eigenvalue weighted by Crippen LogP contribution is 2.52. The Kier molecular flexibility index (Phi) is 4.10. The molecule has 1 amide bonds. The van der Waals surface area contributed by atoms with Crippen LogP contribution in [-0.4, -0.2) is 49.9 Å². The van der Waals surface area contributed by atoms with E-state index in [0.29, 0.717) is 41.4 Å². The van der Waals surface area contributed by atoms with Crippen LogP contribution in [0, 0.1) is 10.8 Å². The topological polar surface area (TPSA) is 86.8 Å². The number of aromatic amines is 1. The van der Waals surface area contributed by atoms with E-state index in [0.717, 1.165) is 19.4 Å². The van der Waals surface area contributed by atoms with Crippen LogP contribution < -0.4 is 5.32 Å². The molecule has 0 spiro atoms. The number of halogens is 1. The zero-order valence-corrected chi connectivity index (χ0v) is 16.2. The molecule has 26 heavy (non-hydrogen) atoms. The number of nitrogens with one attached hydrogen (secondary N) is 2. The number of hydrogen-bond donors (Lipinski definition) is 2. The monoisotopic (exact) mass is 376 g/mol. The summed E-state index contributed by atoms with van der Waals surface area (Å²) in [7, 11) is 0. The molecule has 1 aliphatic carbocycles. The van der Waals surface area contributed by atoms with Gasteiger partial charge in [0.05, 0.1) is 6.33 Å². The molecule has 2 bridgehead atoms. The molecule has 140 valence electrons. The lowest BCUT2D eigenvalue weighted by Crippen LogP contribution is -2.38. The Labute approximate surface area is 157 Å². The third-order valence-corrected chi connectivity index (χ3v) is 5.79.